The molecule has 0 aromatic heterocycles. The van der Waals surface area contributed by atoms with Crippen molar-refractivity contribution < 1.29 is 4.79 Å². The highest BCUT2D eigenvalue weighted by atomic mass is 35.5. The van der Waals surface area contributed by atoms with E-state index < -0.39 is 0 Å². The summed E-state index contributed by atoms with van der Waals surface area (Å²) in [6.07, 6.45) is 7.36. The highest BCUT2D eigenvalue weighted by Gasteiger charge is 2.33. The van der Waals surface area contributed by atoms with Crippen molar-refractivity contribution in [3.05, 3.63) is 34.9 Å². The van der Waals surface area contributed by atoms with Crippen LogP contribution >= 0.6 is 11.6 Å². The van der Waals surface area contributed by atoms with E-state index in [9.17, 15) is 4.79 Å². The third-order valence-electron chi connectivity index (χ3n) is 4.68. The minimum Gasteiger partial charge on any atom is -0.350 e. The molecule has 0 atom stereocenters. The first-order chi connectivity index (χ1) is 10.1. The van der Waals surface area contributed by atoms with Crippen LogP contribution in [-0.2, 0) is 0 Å². The maximum absolute atomic E-state index is 12.3. The summed E-state index contributed by atoms with van der Waals surface area (Å²) in [5.41, 5.74) is 0.634. The van der Waals surface area contributed by atoms with Gasteiger partial charge in [-0.2, -0.15) is 0 Å². The summed E-state index contributed by atoms with van der Waals surface area (Å²) >= 11 is 6.09. The lowest BCUT2D eigenvalue weighted by molar-refractivity contribution is 0.0869. The lowest BCUT2D eigenvalue weighted by atomic mass is 9.88. The zero-order valence-electron chi connectivity index (χ0n) is 13.0. The minimum atomic E-state index is -0.0777. The Bertz CT molecular complexity index is 479. The zero-order chi connectivity index (χ0) is 15.3. The molecule has 116 valence electrons. The first-order valence-corrected chi connectivity index (χ1v) is 8.13. The Hall–Kier alpha value is -1.06. The minimum absolute atomic E-state index is 0.0768. The van der Waals surface area contributed by atoms with Crippen LogP contribution in [0.3, 0.4) is 0 Å². The summed E-state index contributed by atoms with van der Waals surface area (Å²) in [6, 6.07) is 7.21. The van der Waals surface area contributed by atoms with E-state index in [1.165, 1.54) is 25.7 Å². The maximum Gasteiger partial charge on any atom is 0.252 e. The molecule has 0 heterocycles. The van der Waals surface area contributed by atoms with Crippen LogP contribution in [-0.4, -0.2) is 37.0 Å². The molecule has 0 bridgehead atoms. The summed E-state index contributed by atoms with van der Waals surface area (Å²) in [4.78, 5) is 14.6. The van der Waals surface area contributed by atoms with E-state index in [1.807, 2.05) is 12.1 Å². The van der Waals surface area contributed by atoms with Crippen LogP contribution < -0.4 is 5.32 Å². The Morgan fingerprint density at radius 1 is 1.19 bits per heavy atom. The molecule has 1 aliphatic carbocycles. The van der Waals surface area contributed by atoms with Gasteiger partial charge in [-0.05, 0) is 39.1 Å². The summed E-state index contributed by atoms with van der Waals surface area (Å²) in [6.45, 7) is 0.685. The van der Waals surface area contributed by atoms with Crippen molar-refractivity contribution in [2.75, 3.05) is 20.6 Å². The molecule has 1 aromatic rings. The lowest BCUT2D eigenvalue weighted by Crippen LogP contribution is -2.52. The number of hydrogen-bond donors (Lipinski definition) is 1. The molecule has 21 heavy (non-hydrogen) atoms. The number of likely N-dealkylation sites (N-methyl/N-ethyl adjacent to an activating group) is 1. The molecule has 2 rings (SSSR count). The number of benzene rings is 1. The normalized spacial score (nSPS) is 18.3. The SMILES string of the molecule is CN(C)C1(CNC(=O)c2ccccc2Cl)CCCCCC1. The molecular formula is C17H25ClN2O. The van der Waals surface area contributed by atoms with E-state index in [4.69, 9.17) is 11.6 Å². The molecule has 1 aromatic carbocycles. The van der Waals surface area contributed by atoms with Crippen LogP contribution in [0.5, 0.6) is 0 Å². The van der Waals surface area contributed by atoms with Gasteiger partial charge in [-0.3, -0.25) is 4.79 Å². The number of amides is 1. The summed E-state index contributed by atoms with van der Waals surface area (Å²) in [5.74, 6) is -0.0777. The number of rotatable bonds is 4. The summed E-state index contributed by atoms with van der Waals surface area (Å²) in [5, 5.41) is 3.60. The van der Waals surface area contributed by atoms with Crippen LogP contribution in [0.25, 0.3) is 0 Å². The lowest BCUT2D eigenvalue weighted by Gasteiger charge is -2.39. The second-order valence-electron chi connectivity index (χ2n) is 6.20. The van der Waals surface area contributed by atoms with E-state index >= 15 is 0 Å². The van der Waals surface area contributed by atoms with E-state index in [0.717, 1.165) is 12.8 Å². The Labute approximate surface area is 132 Å². The molecule has 1 aliphatic rings. The number of hydrogen-bond acceptors (Lipinski definition) is 2. The summed E-state index contributed by atoms with van der Waals surface area (Å²) in [7, 11) is 4.24. The number of nitrogens with zero attached hydrogens (tertiary/aromatic N) is 1. The van der Waals surface area contributed by atoms with Gasteiger partial charge in [0.2, 0.25) is 0 Å². The number of carbonyl (C=O) groups excluding carboxylic acids is 1. The van der Waals surface area contributed by atoms with E-state index in [-0.39, 0.29) is 11.4 Å². The average Bonchev–Trinajstić information content (AvgIpc) is 2.72. The van der Waals surface area contributed by atoms with Crippen LogP contribution in [0.4, 0.5) is 0 Å². The molecule has 0 aliphatic heterocycles. The second kappa shape index (κ2) is 7.28. The third kappa shape index (κ3) is 3.98. The van der Waals surface area contributed by atoms with Crippen LogP contribution in [0.1, 0.15) is 48.9 Å². The fourth-order valence-electron chi connectivity index (χ4n) is 3.15. The van der Waals surface area contributed by atoms with Crippen molar-refractivity contribution in [3.8, 4) is 0 Å². The third-order valence-corrected chi connectivity index (χ3v) is 5.01. The Morgan fingerprint density at radius 3 is 2.38 bits per heavy atom. The van der Waals surface area contributed by atoms with Crippen molar-refractivity contribution in [1.82, 2.24) is 10.2 Å². The van der Waals surface area contributed by atoms with Crippen LogP contribution in [0.2, 0.25) is 5.02 Å². The zero-order valence-corrected chi connectivity index (χ0v) is 13.7. The molecule has 3 nitrogen and oxygen atoms in total. The Balaban J connectivity index is 2.05. The van der Waals surface area contributed by atoms with Gasteiger partial charge in [0.05, 0.1) is 10.6 Å². The molecule has 0 unspecified atom stereocenters. The van der Waals surface area contributed by atoms with Crippen LogP contribution in [0.15, 0.2) is 24.3 Å². The highest BCUT2D eigenvalue weighted by molar-refractivity contribution is 6.33. The monoisotopic (exact) mass is 308 g/mol. The standard InChI is InChI=1S/C17H25ClN2O/c1-20(2)17(11-7-3-4-8-12-17)13-19-16(21)14-9-5-6-10-15(14)18/h5-6,9-10H,3-4,7-8,11-13H2,1-2H3,(H,19,21). The van der Waals surface area contributed by atoms with Crippen molar-refractivity contribution in [3.63, 3.8) is 0 Å². The van der Waals surface area contributed by atoms with Gasteiger partial charge in [-0.1, -0.05) is 49.4 Å². The van der Waals surface area contributed by atoms with Gasteiger partial charge in [0.15, 0.2) is 0 Å². The Morgan fingerprint density at radius 2 is 1.81 bits per heavy atom. The van der Waals surface area contributed by atoms with Gasteiger partial charge >= 0.3 is 0 Å². The van der Waals surface area contributed by atoms with Gasteiger partial charge in [0.1, 0.15) is 0 Å². The topological polar surface area (TPSA) is 32.3 Å². The fourth-order valence-corrected chi connectivity index (χ4v) is 3.38. The van der Waals surface area contributed by atoms with E-state index in [1.54, 1.807) is 12.1 Å². The maximum atomic E-state index is 12.3. The van der Waals surface area contributed by atoms with Gasteiger partial charge in [0.25, 0.3) is 5.91 Å². The quantitative estimate of drug-likeness (QED) is 0.860. The van der Waals surface area contributed by atoms with E-state index in [2.05, 4.69) is 24.3 Å². The molecule has 4 heteroatoms. The molecule has 1 N–H and O–H groups in total. The van der Waals surface area contributed by atoms with Gasteiger partial charge in [0, 0.05) is 12.1 Å². The van der Waals surface area contributed by atoms with Gasteiger partial charge in [-0.15, -0.1) is 0 Å². The van der Waals surface area contributed by atoms with Crippen LogP contribution in [0, 0.1) is 0 Å². The van der Waals surface area contributed by atoms with Crippen molar-refractivity contribution >= 4 is 17.5 Å². The van der Waals surface area contributed by atoms with Crippen molar-refractivity contribution in [1.29, 1.82) is 0 Å². The molecule has 1 fully saturated rings. The predicted molar refractivity (Wildman–Crippen MR) is 87.9 cm³/mol. The molecular weight excluding hydrogens is 284 g/mol. The second-order valence-corrected chi connectivity index (χ2v) is 6.60. The Kier molecular flexibility index (Phi) is 5.65. The summed E-state index contributed by atoms with van der Waals surface area (Å²) < 4.78 is 0. The first kappa shape index (κ1) is 16.3. The number of nitrogens with one attached hydrogen (secondary N) is 1. The molecule has 0 radical (unpaired) electrons. The van der Waals surface area contributed by atoms with Gasteiger partial charge < -0.3 is 10.2 Å². The average molecular weight is 309 g/mol. The molecule has 0 saturated heterocycles. The highest BCUT2D eigenvalue weighted by Crippen LogP contribution is 2.30. The molecule has 1 saturated carbocycles. The first-order valence-electron chi connectivity index (χ1n) is 7.75. The largest absolute Gasteiger partial charge is 0.350 e. The molecule has 0 spiro atoms. The number of carbonyl (C=O) groups is 1. The molecule has 1 amide bonds. The van der Waals surface area contributed by atoms with Crippen molar-refractivity contribution in [2.45, 2.75) is 44.1 Å². The van der Waals surface area contributed by atoms with Crippen molar-refractivity contribution in [2.24, 2.45) is 0 Å². The predicted octanol–water partition coefficient (Wildman–Crippen LogP) is 3.72. The number of halogens is 1. The van der Waals surface area contributed by atoms with E-state index in [0.29, 0.717) is 17.1 Å². The smallest absolute Gasteiger partial charge is 0.252 e. The van der Waals surface area contributed by atoms with Gasteiger partial charge in [-0.25, -0.2) is 0 Å². The fraction of sp³-hybridized carbons (Fsp3) is 0.588.